The summed E-state index contributed by atoms with van der Waals surface area (Å²) in [4.78, 5) is 0. The molecule has 0 radical (unpaired) electrons. The number of hydrogen-bond donors (Lipinski definition) is 0. The van der Waals surface area contributed by atoms with E-state index >= 15 is 0 Å². The first-order chi connectivity index (χ1) is 8.21. The Morgan fingerprint density at radius 3 is 2.56 bits per heavy atom. The number of halogens is 4. The topological polar surface area (TPSA) is 55.7 Å². The summed E-state index contributed by atoms with van der Waals surface area (Å²) < 4.78 is 61.5. The van der Waals surface area contributed by atoms with E-state index < -0.39 is 15.6 Å². The van der Waals surface area contributed by atoms with E-state index in [1.807, 2.05) is 0 Å². The summed E-state index contributed by atoms with van der Waals surface area (Å²) >= 11 is 3.23. The average molecular weight is 344 g/mol. The first-order valence-electron chi connectivity index (χ1n) is 4.56. The maximum atomic E-state index is 12.0. The second-order valence-electron chi connectivity index (χ2n) is 3.49. The highest BCUT2D eigenvalue weighted by Crippen LogP contribution is 2.29. The lowest BCUT2D eigenvalue weighted by atomic mass is 9.87. The van der Waals surface area contributed by atoms with Gasteiger partial charge in [0.25, 0.3) is 0 Å². The van der Waals surface area contributed by atoms with E-state index in [2.05, 4.69) is 25.4 Å². The van der Waals surface area contributed by atoms with Crippen LogP contribution in [0.4, 0.5) is 13.2 Å². The van der Waals surface area contributed by atoms with Crippen LogP contribution >= 0.6 is 15.9 Å². The van der Waals surface area contributed by atoms with Gasteiger partial charge in [0.15, 0.2) is 0 Å². The molecule has 0 unspecified atom stereocenters. The van der Waals surface area contributed by atoms with Gasteiger partial charge in [-0.3, -0.25) is 4.28 Å². The molecule has 0 saturated carbocycles. The molecule has 0 fully saturated rings. The SMILES string of the molecule is O=S(=O)(ON=C1Cc2cc(Br)ccc21)C(F)(F)F. The Bertz CT molecular complexity index is 624. The predicted octanol–water partition coefficient (Wildman–Crippen LogP) is 2.58. The van der Waals surface area contributed by atoms with Gasteiger partial charge in [0, 0.05) is 16.5 Å². The van der Waals surface area contributed by atoms with Crippen molar-refractivity contribution in [3.63, 3.8) is 0 Å². The minimum atomic E-state index is -5.68. The van der Waals surface area contributed by atoms with Gasteiger partial charge in [-0.15, -0.1) is 0 Å². The van der Waals surface area contributed by atoms with Gasteiger partial charge in [0.1, 0.15) is 0 Å². The molecule has 0 N–H and O–H groups in total. The molecule has 1 aliphatic carbocycles. The zero-order chi connectivity index (χ0) is 13.6. The molecule has 18 heavy (non-hydrogen) atoms. The Hall–Kier alpha value is -1.09. The van der Waals surface area contributed by atoms with Gasteiger partial charge in [-0.25, -0.2) is 0 Å². The molecule has 4 nitrogen and oxygen atoms in total. The summed E-state index contributed by atoms with van der Waals surface area (Å²) in [6, 6.07) is 5.06. The second kappa shape index (κ2) is 4.23. The molecule has 0 atom stereocenters. The van der Waals surface area contributed by atoms with Crippen molar-refractivity contribution in [1.29, 1.82) is 0 Å². The second-order valence-corrected chi connectivity index (χ2v) is 5.93. The van der Waals surface area contributed by atoms with Crippen LogP contribution in [0.25, 0.3) is 0 Å². The van der Waals surface area contributed by atoms with Crippen LogP contribution in [0.5, 0.6) is 0 Å². The molecule has 9 heteroatoms. The monoisotopic (exact) mass is 343 g/mol. The summed E-state index contributed by atoms with van der Waals surface area (Å²) in [5, 5.41) is 3.03. The number of fused-ring (bicyclic) bond motifs is 1. The molecule has 98 valence electrons. The van der Waals surface area contributed by atoms with Crippen molar-refractivity contribution >= 4 is 31.8 Å². The fourth-order valence-corrected chi connectivity index (χ4v) is 2.06. The van der Waals surface area contributed by atoms with E-state index in [1.165, 1.54) is 0 Å². The van der Waals surface area contributed by atoms with E-state index in [-0.39, 0.29) is 12.1 Å². The highest BCUT2D eigenvalue weighted by molar-refractivity contribution is 9.10. The normalized spacial score (nSPS) is 17.2. The van der Waals surface area contributed by atoms with Crippen LogP contribution in [-0.2, 0) is 20.8 Å². The van der Waals surface area contributed by atoms with Crippen molar-refractivity contribution < 1.29 is 25.9 Å². The molecular formula is C9H5BrF3NO3S. The van der Waals surface area contributed by atoms with Crippen LogP contribution in [-0.4, -0.2) is 19.6 Å². The lowest BCUT2D eigenvalue weighted by Crippen LogP contribution is -2.26. The Morgan fingerprint density at radius 2 is 2.00 bits per heavy atom. The Labute approximate surface area is 109 Å². The van der Waals surface area contributed by atoms with Gasteiger partial charge < -0.3 is 0 Å². The van der Waals surface area contributed by atoms with Gasteiger partial charge >= 0.3 is 15.6 Å². The van der Waals surface area contributed by atoms with Gasteiger partial charge in [0.05, 0.1) is 5.71 Å². The van der Waals surface area contributed by atoms with Crippen molar-refractivity contribution in [1.82, 2.24) is 0 Å². The Balaban J connectivity index is 2.18. The first-order valence-corrected chi connectivity index (χ1v) is 6.76. The highest BCUT2D eigenvalue weighted by Gasteiger charge is 2.49. The summed E-state index contributed by atoms with van der Waals surface area (Å²) in [6.07, 6.45) is 0.266. The molecule has 2 rings (SSSR count). The van der Waals surface area contributed by atoms with Crippen LogP contribution in [0.1, 0.15) is 11.1 Å². The third-order valence-electron chi connectivity index (χ3n) is 2.27. The molecule has 0 aromatic heterocycles. The molecule has 0 saturated heterocycles. The van der Waals surface area contributed by atoms with E-state index in [0.29, 0.717) is 5.56 Å². The van der Waals surface area contributed by atoms with E-state index in [4.69, 9.17) is 0 Å². The zero-order valence-electron chi connectivity index (χ0n) is 8.53. The summed E-state index contributed by atoms with van der Waals surface area (Å²) in [6.45, 7) is 0. The molecule has 0 heterocycles. The third kappa shape index (κ3) is 2.37. The van der Waals surface area contributed by atoms with Crippen LogP contribution in [0.3, 0.4) is 0 Å². The minimum absolute atomic E-state index is 0.172. The molecular weight excluding hydrogens is 339 g/mol. The van der Waals surface area contributed by atoms with Crippen molar-refractivity contribution in [2.75, 3.05) is 0 Å². The zero-order valence-corrected chi connectivity index (χ0v) is 10.9. The van der Waals surface area contributed by atoms with Crippen LogP contribution in [0.15, 0.2) is 27.8 Å². The fourth-order valence-electron chi connectivity index (χ4n) is 1.38. The van der Waals surface area contributed by atoms with Crippen molar-refractivity contribution in [2.24, 2.45) is 5.16 Å². The van der Waals surface area contributed by atoms with E-state index in [1.54, 1.807) is 18.2 Å². The average Bonchev–Trinajstić information content (AvgIpc) is 2.19. The molecule has 0 spiro atoms. The van der Waals surface area contributed by atoms with Gasteiger partial charge in [-0.2, -0.15) is 21.6 Å². The number of hydrogen-bond acceptors (Lipinski definition) is 4. The Kier molecular flexibility index (Phi) is 3.14. The molecule has 0 amide bonds. The quantitative estimate of drug-likeness (QED) is 0.612. The first kappa shape index (κ1) is 13.3. The van der Waals surface area contributed by atoms with Crippen LogP contribution in [0, 0.1) is 0 Å². The summed E-state index contributed by atoms with van der Waals surface area (Å²) in [7, 11) is -5.68. The number of benzene rings is 1. The fraction of sp³-hybridized carbons (Fsp3) is 0.222. The number of rotatable bonds is 2. The maximum Gasteiger partial charge on any atom is 0.536 e. The van der Waals surface area contributed by atoms with Gasteiger partial charge in [-0.1, -0.05) is 27.2 Å². The molecule has 0 aliphatic heterocycles. The highest BCUT2D eigenvalue weighted by atomic mass is 79.9. The van der Waals surface area contributed by atoms with Gasteiger partial charge in [-0.05, 0) is 17.7 Å². The van der Waals surface area contributed by atoms with Crippen LogP contribution < -0.4 is 0 Å². The lowest BCUT2D eigenvalue weighted by Gasteiger charge is -2.20. The van der Waals surface area contributed by atoms with E-state index in [0.717, 1.165) is 10.0 Å². The predicted molar refractivity (Wildman–Crippen MR) is 60.4 cm³/mol. The molecule has 1 aromatic rings. The van der Waals surface area contributed by atoms with Gasteiger partial charge in [0.2, 0.25) is 0 Å². The summed E-state index contributed by atoms with van der Waals surface area (Å²) in [5.74, 6) is 0. The Morgan fingerprint density at radius 1 is 1.33 bits per heavy atom. The molecule has 1 aliphatic rings. The number of nitrogens with zero attached hydrogens (tertiary/aromatic N) is 1. The minimum Gasteiger partial charge on any atom is -0.262 e. The van der Waals surface area contributed by atoms with E-state index in [9.17, 15) is 21.6 Å². The lowest BCUT2D eigenvalue weighted by molar-refractivity contribution is -0.0541. The maximum absolute atomic E-state index is 12.0. The molecule has 0 bridgehead atoms. The smallest absolute Gasteiger partial charge is 0.262 e. The molecule has 1 aromatic carbocycles. The summed E-state index contributed by atoms with van der Waals surface area (Å²) in [5.41, 5.74) is -3.86. The number of oxime groups is 1. The van der Waals surface area contributed by atoms with Crippen LogP contribution in [0.2, 0.25) is 0 Å². The largest absolute Gasteiger partial charge is 0.536 e. The van der Waals surface area contributed by atoms with Crippen molar-refractivity contribution in [3.05, 3.63) is 33.8 Å². The third-order valence-corrected chi connectivity index (χ3v) is 3.60. The standard InChI is InChI=1S/C9H5BrF3NO3S/c10-6-1-2-7-5(3-6)4-8(7)14-17-18(15,16)9(11,12)13/h1-3H,4H2. The van der Waals surface area contributed by atoms with Crippen molar-refractivity contribution in [3.8, 4) is 0 Å². The van der Waals surface area contributed by atoms with Crippen molar-refractivity contribution in [2.45, 2.75) is 11.9 Å². The number of alkyl halides is 3.